The first-order valence-electron chi connectivity index (χ1n) is 5.62. The Balaban J connectivity index is 2.44. The van der Waals surface area contributed by atoms with E-state index in [1.165, 1.54) is 16.8 Å². The van der Waals surface area contributed by atoms with Crippen molar-refractivity contribution < 1.29 is 0 Å². The normalized spacial score (nSPS) is 19.4. The van der Waals surface area contributed by atoms with Gasteiger partial charge in [-0.2, -0.15) is 5.26 Å². The van der Waals surface area contributed by atoms with Crippen LogP contribution < -0.4 is 0 Å². The van der Waals surface area contributed by atoms with Crippen LogP contribution in [0.3, 0.4) is 0 Å². The van der Waals surface area contributed by atoms with Gasteiger partial charge in [0.2, 0.25) is 0 Å². The Morgan fingerprint density at radius 2 is 2.40 bits per heavy atom. The molecule has 15 heavy (non-hydrogen) atoms. The molecule has 1 aliphatic carbocycles. The van der Waals surface area contributed by atoms with E-state index in [2.05, 4.69) is 31.0 Å². The first-order valence-corrected chi connectivity index (χ1v) is 5.62. The predicted octanol–water partition coefficient (Wildman–Crippen LogP) is 2.58. The molecule has 1 unspecified atom stereocenters. The smallest absolute Gasteiger partial charge is 0.0659 e. The third-order valence-electron chi connectivity index (χ3n) is 3.17. The number of aromatic nitrogens is 1. The molecule has 1 aliphatic rings. The molecule has 0 aliphatic heterocycles. The van der Waals surface area contributed by atoms with E-state index in [1.807, 2.05) is 0 Å². The van der Waals surface area contributed by atoms with E-state index in [-0.39, 0.29) is 5.92 Å². The lowest BCUT2D eigenvalue weighted by Gasteiger charge is -2.22. The molecule has 2 rings (SSSR count). The summed E-state index contributed by atoms with van der Waals surface area (Å²) in [5.41, 5.74) is 5.08. The topological polar surface area (TPSA) is 36.7 Å². The average Bonchev–Trinajstić information content (AvgIpc) is 2.27. The lowest BCUT2D eigenvalue weighted by molar-refractivity contribution is 0.549. The number of fused-ring (bicyclic) bond motifs is 1. The van der Waals surface area contributed by atoms with Crippen molar-refractivity contribution in [1.29, 1.82) is 5.26 Å². The van der Waals surface area contributed by atoms with Gasteiger partial charge in [0.1, 0.15) is 0 Å². The summed E-state index contributed by atoms with van der Waals surface area (Å²) in [5.74, 6) is 0.201. The summed E-state index contributed by atoms with van der Waals surface area (Å²) in [6, 6.07) is 4.55. The maximum absolute atomic E-state index is 8.96. The maximum Gasteiger partial charge on any atom is 0.0659 e. The second-order valence-electron chi connectivity index (χ2n) is 4.27. The molecule has 2 nitrogen and oxygen atoms in total. The highest BCUT2D eigenvalue weighted by atomic mass is 14.7. The number of rotatable bonds is 1. The van der Waals surface area contributed by atoms with Gasteiger partial charge in [-0.05, 0) is 49.8 Å². The fraction of sp³-hybridized carbons (Fsp3) is 0.538. The minimum Gasteiger partial charge on any atom is -0.258 e. The highest BCUT2D eigenvalue weighted by Gasteiger charge is 2.21. The number of hydrogen-bond donors (Lipinski definition) is 0. The zero-order valence-corrected chi connectivity index (χ0v) is 9.38. The average molecular weight is 200 g/mol. The highest BCUT2D eigenvalue weighted by Crippen LogP contribution is 2.27. The van der Waals surface area contributed by atoms with Crippen LogP contribution >= 0.6 is 0 Å². The minimum absolute atomic E-state index is 0.201. The van der Waals surface area contributed by atoms with Crippen molar-refractivity contribution in [3.05, 3.63) is 28.6 Å². The summed E-state index contributed by atoms with van der Waals surface area (Å²) in [6.45, 7) is 4.22. The van der Waals surface area contributed by atoms with Crippen molar-refractivity contribution in [3.63, 3.8) is 0 Å². The van der Waals surface area contributed by atoms with Gasteiger partial charge in [0.15, 0.2) is 0 Å². The largest absolute Gasteiger partial charge is 0.258 e. The molecule has 0 N–H and O–H groups in total. The molecule has 78 valence electrons. The molecule has 0 bridgehead atoms. The number of nitrogens with zero attached hydrogens (tertiary/aromatic N) is 2. The highest BCUT2D eigenvalue weighted by molar-refractivity contribution is 5.35. The van der Waals surface area contributed by atoms with Gasteiger partial charge in [-0.25, -0.2) is 0 Å². The van der Waals surface area contributed by atoms with E-state index in [0.29, 0.717) is 0 Å². The second kappa shape index (κ2) is 4.02. The summed E-state index contributed by atoms with van der Waals surface area (Å²) in [5, 5.41) is 8.96. The van der Waals surface area contributed by atoms with Gasteiger partial charge in [-0.1, -0.05) is 6.92 Å². The third kappa shape index (κ3) is 1.87. The molecule has 0 saturated heterocycles. The summed E-state index contributed by atoms with van der Waals surface area (Å²) < 4.78 is 0. The number of pyridine rings is 1. The van der Waals surface area contributed by atoms with Crippen LogP contribution in [0.5, 0.6) is 0 Å². The fourth-order valence-electron chi connectivity index (χ4n) is 2.38. The van der Waals surface area contributed by atoms with Gasteiger partial charge >= 0.3 is 0 Å². The zero-order valence-electron chi connectivity index (χ0n) is 9.38. The summed E-state index contributed by atoms with van der Waals surface area (Å²) in [6.07, 6.45) is 3.90. The number of nitriles is 1. The van der Waals surface area contributed by atoms with Gasteiger partial charge in [0.25, 0.3) is 0 Å². The summed E-state index contributed by atoms with van der Waals surface area (Å²) in [4.78, 5) is 4.58. The molecule has 1 aromatic heterocycles. The molecular weight excluding hydrogens is 184 g/mol. The Hall–Kier alpha value is -1.36. The van der Waals surface area contributed by atoms with E-state index < -0.39 is 0 Å². The molecule has 0 saturated carbocycles. The van der Waals surface area contributed by atoms with Crippen LogP contribution in [0.4, 0.5) is 0 Å². The molecule has 1 heterocycles. The van der Waals surface area contributed by atoms with Crippen molar-refractivity contribution in [2.75, 3.05) is 0 Å². The molecule has 1 atom stereocenters. The van der Waals surface area contributed by atoms with Crippen LogP contribution in [-0.2, 0) is 19.3 Å². The van der Waals surface area contributed by atoms with Gasteiger partial charge in [-0.15, -0.1) is 0 Å². The second-order valence-corrected chi connectivity index (χ2v) is 4.27. The van der Waals surface area contributed by atoms with E-state index >= 15 is 0 Å². The molecule has 0 aromatic carbocycles. The first-order chi connectivity index (χ1) is 7.24. The van der Waals surface area contributed by atoms with Crippen molar-refractivity contribution in [2.24, 2.45) is 5.92 Å². The Morgan fingerprint density at radius 1 is 1.60 bits per heavy atom. The quantitative estimate of drug-likeness (QED) is 0.698. The van der Waals surface area contributed by atoms with E-state index in [4.69, 9.17) is 5.26 Å². The van der Waals surface area contributed by atoms with Crippen LogP contribution in [0.25, 0.3) is 0 Å². The van der Waals surface area contributed by atoms with Gasteiger partial charge in [0, 0.05) is 11.4 Å². The summed E-state index contributed by atoms with van der Waals surface area (Å²) >= 11 is 0. The minimum atomic E-state index is 0.201. The zero-order chi connectivity index (χ0) is 10.8. The molecule has 0 amide bonds. The number of aryl methyl sites for hydroxylation is 3. The van der Waals surface area contributed by atoms with Crippen molar-refractivity contribution in [1.82, 2.24) is 4.98 Å². The van der Waals surface area contributed by atoms with Crippen LogP contribution in [0.1, 0.15) is 35.9 Å². The predicted molar refractivity (Wildman–Crippen MR) is 59.5 cm³/mol. The van der Waals surface area contributed by atoms with Crippen molar-refractivity contribution >= 4 is 0 Å². The van der Waals surface area contributed by atoms with Crippen LogP contribution in [0.15, 0.2) is 6.07 Å². The first kappa shape index (κ1) is 10.2. The lowest BCUT2D eigenvalue weighted by Crippen LogP contribution is -2.16. The van der Waals surface area contributed by atoms with E-state index in [9.17, 15) is 0 Å². The molecular formula is C13H16N2. The molecule has 0 spiro atoms. The maximum atomic E-state index is 8.96. The van der Waals surface area contributed by atoms with Crippen molar-refractivity contribution in [3.8, 4) is 6.07 Å². The lowest BCUT2D eigenvalue weighted by atomic mass is 9.84. The standard InChI is InChI=1S/C13H16N2/c1-3-11-6-9(2)15-13-5-4-10(8-14)7-12(11)13/h6,10H,3-5,7H2,1-2H3. The fourth-order valence-corrected chi connectivity index (χ4v) is 2.38. The van der Waals surface area contributed by atoms with Crippen LogP contribution in [-0.4, -0.2) is 4.98 Å². The molecule has 1 aromatic rings. The van der Waals surface area contributed by atoms with Gasteiger partial charge < -0.3 is 0 Å². The van der Waals surface area contributed by atoms with Crippen LogP contribution in [0.2, 0.25) is 0 Å². The number of hydrogen-bond acceptors (Lipinski definition) is 2. The van der Waals surface area contributed by atoms with Crippen molar-refractivity contribution in [2.45, 2.75) is 39.5 Å². The monoisotopic (exact) mass is 200 g/mol. The molecule has 0 radical (unpaired) electrons. The van der Waals surface area contributed by atoms with E-state index in [0.717, 1.165) is 31.4 Å². The van der Waals surface area contributed by atoms with Gasteiger partial charge in [-0.3, -0.25) is 4.98 Å². The Kier molecular flexibility index (Phi) is 2.73. The Bertz CT molecular complexity index is 398. The summed E-state index contributed by atoms with van der Waals surface area (Å²) in [7, 11) is 0. The third-order valence-corrected chi connectivity index (χ3v) is 3.17. The molecule has 0 fully saturated rings. The van der Waals surface area contributed by atoms with Crippen LogP contribution in [0, 0.1) is 24.2 Å². The van der Waals surface area contributed by atoms with E-state index in [1.54, 1.807) is 0 Å². The SMILES string of the molecule is CCc1cc(C)nc2c1CC(C#N)CC2. The Labute approximate surface area is 91.0 Å². The molecule has 2 heteroatoms. The van der Waals surface area contributed by atoms with Gasteiger partial charge in [0.05, 0.1) is 12.0 Å². The Morgan fingerprint density at radius 3 is 3.07 bits per heavy atom.